The average Bonchev–Trinajstić information content (AvgIpc) is 2.59. The lowest BCUT2D eigenvalue weighted by Gasteiger charge is -2.35. The molecule has 1 heterocycles. The van der Waals surface area contributed by atoms with Crippen LogP contribution in [0.3, 0.4) is 0 Å². The molecule has 0 radical (unpaired) electrons. The van der Waals surface area contributed by atoms with Crippen molar-refractivity contribution in [3.05, 3.63) is 24.3 Å². The maximum Gasteiger partial charge on any atom is 0.341 e. The zero-order valence-electron chi connectivity index (χ0n) is 15.4. The van der Waals surface area contributed by atoms with Crippen molar-refractivity contribution >= 4 is 23.5 Å². The van der Waals surface area contributed by atoms with Gasteiger partial charge >= 0.3 is 5.97 Å². The Kier molecular flexibility index (Phi) is 6.23. The van der Waals surface area contributed by atoms with Gasteiger partial charge in [0.25, 0.3) is 0 Å². The SMILES string of the molecule is CC(C)(C)C(=O)N1CCCC(C(=O)Nc2ccc(OCC(=O)O)cc2)C1. The number of likely N-dealkylation sites (tertiary alicyclic amines) is 1. The monoisotopic (exact) mass is 362 g/mol. The number of carboxylic acid groups (broad SMARTS) is 1. The molecule has 0 aromatic heterocycles. The Hall–Kier alpha value is -2.57. The number of nitrogens with one attached hydrogen (secondary N) is 1. The topological polar surface area (TPSA) is 95.9 Å². The van der Waals surface area contributed by atoms with Crippen LogP contribution in [0.25, 0.3) is 0 Å². The van der Waals surface area contributed by atoms with Gasteiger partial charge in [0.15, 0.2) is 6.61 Å². The number of amides is 2. The van der Waals surface area contributed by atoms with Gasteiger partial charge in [0.05, 0.1) is 5.92 Å². The molecule has 1 unspecified atom stereocenters. The van der Waals surface area contributed by atoms with E-state index >= 15 is 0 Å². The highest BCUT2D eigenvalue weighted by atomic mass is 16.5. The minimum absolute atomic E-state index is 0.0648. The van der Waals surface area contributed by atoms with Crippen LogP contribution in [0.1, 0.15) is 33.6 Å². The maximum atomic E-state index is 12.5. The molecule has 7 nitrogen and oxygen atoms in total. The number of aliphatic carboxylic acids is 1. The minimum Gasteiger partial charge on any atom is -0.482 e. The Bertz CT molecular complexity index is 664. The second-order valence-corrected chi connectivity index (χ2v) is 7.54. The summed E-state index contributed by atoms with van der Waals surface area (Å²) in [4.78, 5) is 37.2. The van der Waals surface area contributed by atoms with E-state index in [1.807, 2.05) is 20.8 Å². The van der Waals surface area contributed by atoms with E-state index in [9.17, 15) is 14.4 Å². The van der Waals surface area contributed by atoms with E-state index < -0.39 is 18.0 Å². The molecule has 142 valence electrons. The number of ether oxygens (including phenoxy) is 1. The summed E-state index contributed by atoms with van der Waals surface area (Å²) in [5.41, 5.74) is 0.154. The lowest BCUT2D eigenvalue weighted by atomic mass is 9.91. The van der Waals surface area contributed by atoms with Gasteiger partial charge in [0, 0.05) is 24.2 Å². The standard InChI is InChI=1S/C19H26N2O5/c1-19(2,3)18(25)21-10-4-5-13(11-21)17(24)20-14-6-8-15(9-7-14)26-12-16(22)23/h6-9,13H,4-5,10-12H2,1-3H3,(H,20,24)(H,22,23). The van der Waals surface area contributed by atoms with E-state index in [0.717, 1.165) is 12.8 Å². The Morgan fingerprint density at radius 2 is 1.88 bits per heavy atom. The van der Waals surface area contributed by atoms with Crippen molar-refractivity contribution in [3.8, 4) is 5.75 Å². The Morgan fingerprint density at radius 1 is 1.23 bits per heavy atom. The molecule has 1 aromatic carbocycles. The van der Waals surface area contributed by atoms with Crippen molar-refractivity contribution in [1.82, 2.24) is 4.90 Å². The van der Waals surface area contributed by atoms with Gasteiger partial charge in [-0.3, -0.25) is 9.59 Å². The third-order valence-electron chi connectivity index (χ3n) is 4.21. The number of hydrogen-bond acceptors (Lipinski definition) is 4. The maximum absolute atomic E-state index is 12.5. The van der Waals surface area contributed by atoms with E-state index in [0.29, 0.717) is 24.5 Å². The minimum atomic E-state index is -1.05. The fourth-order valence-corrected chi connectivity index (χ4v) is 2.87. The predicted octanol–water partition coefficient (Wildman–Crippen LogP) is 2.37. The number of nitrogens with zero attached hydrogens (tertiary/aromatic N) is 1. The molecule has 26 heavy (non-hydrogen) atoms. The van der Waals surface area contributed by atoms with Gasteiger partial charge in [0.2, 0.25) is 11.8 Å². The summed E-state index contributed by atoms with van der Waals surface area (Å²) in [7, 11) is 0. The summed E-state index contributed by atoms with van der Waals surface area (Å²) < 4.78 is 5.06. The molecule has 2 rings (SSSR count). The molecule has 1 aliphatic rings. The fourth-order valence-electron chi connectivity index (χ4n) is 2.87. The molecule has 0 saturated carbocycles. The molecule has 2 amide bonds. The van der Waals surface area contributed by atoms with Gasteiger partial charge in [-0.05, 0) is 37.1 Å². The first-order valence-electron chi connectivity index (χ1n) is 8.71. The van der Waals surface area contributed by atoms with E-state index in [1.165, 1.54) is 0 Å². The van der Waals surface area contributed by atoms with Crippen molar-refractivity contribution in [3.63, 3.8) is 0 Å². The molecule has 1 fully saturated rings. The van der Waals surface area contributed by atoms with Gasteiger partial charge in [-0.25, -0.2) is 4.79 Å². The van der Waals surface area contributed by atoms with Gasteiger partial charge in [0.1, 0.15) is 5.75 Å². The third-order valence-corrected chi connectivity index (χ3v) is 4.21. The van der Waals surface area contributed by atoms with E-state index in [4.69, 9.17) is 9.84 Å². The molecule has 2 N–H and O–H groups in total. The second kappa shape index (κ2) is 8.21. The molecule has 1 atom stereocenters. The molecule has 0 spiro atoms. The Labute approximate surface area is 153 Å². The lowest BCUT2D eigenvalue weighted by Crippen LogP contribution is -2.47. The van der Waals surface area contributed by atoms with Crippen molar-refractivity contribution in [2.24, 2.45) is 11.3 Å². The van der Waals surface area contributed by atoms with Crippen LogP contribution in [0.5, 0.6) is 5.75 Å². The summed E-state index contributed by atoms with van der Waals surface area (Å²) in [6.45, 7) is 6.36. The summed E-state index contributed by atoms with van der Waals surface area (Å²) in [5.74, 6) is -0.914. The fraction of sp³-hybridized carbons (Fsp3) is 0.526. The van der Waals surface area contributed by atoms with Crippen molar-refractivity contribution in [2.75, 3.05) is 25.0 Å². The van der Waals surface area contributed by atoms with E-state index in [-0.39, 0.29) is 17.7 Å². The first kappa shape index (κ1) is 19.8. The normalized spacial score (nSPS) is 17.5. The zero-order chi connectivity index (χ0) is 19.3. The highest BCUT2D eigenvalue weighted by molar-refractivity contribution is 5.93. The summed E-state index contributed by atoms with van der Waals surface area (Å²) >= 11 is 0. The molecule has 0 aliphatic carbocycles. The summed E-state index contributed by atoms with van der Waals surface area (Å²) in [5, 5.41) is 11.4. The number of benzene rings is 1. The van der Waals surface area contributed by atoms with Gasteiger partial charge in [-0.15, -0.1) is 0 Å². The van der Waals surface area contributed by atoms with Crippen LogP contribution in [0.15, 0.2) is 24.3 Å². The molecule has 1 aromatic rings. The van der Waals surface area contributed by atoms with E-state index in [1.54, 1.807) is 29.2 Å². The van der Waals surface area contributed by atoms with Crippen molar-refractivity contribution in [2.45, 2.75) is 33.6 Å². The number of carbonyl (C=O) groups excluding carboxylic acids is 2. The van der Waals surface area contributed by atoms with Crippen LogP contribution in [0, 0.1) is 11.3 Å². The molecule has 1 saturated heterocycles. The largest absolute Gasteiger partial charge is 0.482 e. The molecule has 7 heteroatoms. The number of carbonyl (C=O) groups is 3. The highest BCUT2D eigenvalue weighted by Gasteiger charge is 2.33. The Balaban J connectivity index is 1.92. The van der Waals surface area contributed by atoms with Gasteiger partial charge in [-0.2, -0.15) is 0 Å². The average molecular weight is 362 g/mol. The van der Waals surface area contributed by atoms with Crippen LogP contribution in [0.4, 0.5) is 5.69 Å². The quantitative estimate of drug-likeness (QED) is 0.838. The highest BCUT2D eigenvalue weighted by Crippen LogP contribution is 2.24. The van der Waals surface area contributed by atoms with Crippen molar-refractivity contribution < 1.29 is 24.2 Å². The first-order chi connectivity index (χ1) is 12.2. The van der Waals surface area contributed by atoms with Crippen LogP contribution in [-0.2, 0) is 14.4 Å². The number of anilines is 1. The van der Waals surface area contributed by atoms with Crippen LogP contribution >= 0.6 is 0 Å². The second-order valence-electron chi connectivity index (χ2n) is 7.54. The number of piperidine rings is 1. The van der Waals surface area contributed by atoms with Gasteiger partial charge < -0.3 is 20.1 Å². The summed E-state index contributed by atoms with van der Waals surface area (Å²) in [6, 6.07) is 6.54. The number of carboxylic acids is 1. The van der Waals surface area contributed by atoms with Gasteiger partial charge in [-0.1, -0.05) is 20.8 Å². The van der Waals surface area contributed by atoms with Crippen molar-refractivity contribution in [1.29, 1.82) is 0 Å². The molecule has 1 aliphatic heterocycles. The lowest BCUT2D eigenvalue weighted by molar-refractivity contribution is -0.142. The number of rotatable bonds is 5. The smallest absolute Gasteiger partial charge is 0.341 e. The molecular weight excluding hydrogens is 336 g/mol. The summed E-state index contributed by atoms with van der Waals surface area (Å²) in [6.07, 6.45) is 1.56. The predicted molar refractivity (Wildman–Crippen MR) is 97.0 cm³/mol. The third kappa shape index (κ3) is 5.47. The number of hydrogen-bond donors (Lipinski definition) is 2. The first-order valence-corrected chi connectivity index (χ1v) is 8.71. The van der Waals surface area contributed by atoms with Crippen LogP contribution in [-0.4, -0.2) is 47.5 Å². The van der Waals surface area contributed by atoms with E-state index in [2.05, 4.69) is 5.32 Å². The molecule has 0 bridgehead atoms. The van der Waals surface area contributed by atoms with Crippen LogP contribution < -0.4 is 10.1 Å². The molecular formula is C19H26N2O5. The van der Waals surface area contributed by atoms with Crippen LogP contribution in [0.2, 0.25) is 0 Å². The zero-order valence-corrected chi connectivity index (χ0v) is 15.4. The Morgan fingerprint density at radius 3 is 2.46 bits per heavy atom.